The number of aromatic amines is 1. The van der Waals surface area contributed by atoms with Crippen molar-refractivity contribution in [3.8, 4) is 0 Å². The van der Waals surface area contributed by atoms with Gasteiger partial charge in [-0.3, -0.25) is 9.89 Å². The van der Waals surface area contributed by atoms with Crippen LogP contribution in [-0.4, -0.2) is 21.1 Å². The van der Waals surface area contributed by atoms with Gasteiger partial charge in [-0.2, -0.15) is 5.10 Å². The maximum atomic E-state index is 12.7. The number of fused-ring (bicyclic) bond motifs is 2. The van der Waals surface area contributed by atoms with Gasteiger partial charge in [0.2, 0.25) is 0 Å². The second kappa shape index (κ2) is 5.33. The average molecular weight is 328 g/mol. The van der Waals surface area contributed by atoms with E-state index in [-0.39, 0.29) is 11.1 Å². The molecular weight excluding hydrogens is 314 g/mol. The van der Waals surface area contributed by atoms with Crippen LogP contribution in [-0.2, 0) is 13.1 Å². The smallest absolute Gasteiger partial charge is 0.256 e. The zero-order chi connectivity index (χ0) is 16.0. The number of amides is 1. The van der Waals surface area contributed by atoms with Crippen LogP contribution in [0.4, 0.5) is 5.69 Å². The van der Waals surface area contributed by atoms with E-state index >= 15 is 0 Å². The van der Waals surface area contributed by atoms with Crippen LogP contribution in [0.5, 0.6) is 0 Å². The number of H-pyrrole nitrogens is 1. The molecule has 0 atom stereocenters. The number of hydrogen-bond acceptors (Lipinski definition) is 4. The number of nitrogens with one attached hydrogen (secondary N) is 3. The lowest BCUT2D eigenvalue weighted by Crippen LogP contribution is -2.13. The van der Waals surface area contributed by atoms with Gasteiger partial charge in [-0.05, 0) is 36.2 Å². The predicted octanol–water partition coefficient (Wildman–Crippen LogP) is 2.78. The summed E-state index contributed by atoms with van der Waals surface area (Å²) in [7, 11) is 0. The Morgan fingerprint density at radius 2 is 2.09 bits per heavy atom. The van der Waals surface area contributed by atoms with Crippen molar-refractivity contribution >= 4 is 34.2 Å². The van der Waals surface area contributed by atoms with E-state index in [9.17, 15) is 4.79 Å². The van der Waals surface area contributed by atoms with Gasteiger partial charge in [0.1, 0.15) is 5.15 Å². The molecule has 0 bridgehead atoms. The van der Waals surface area contributed by atoms with Crippen LogP contribution in [0.25, 0.3) is 11.0 Å². The Balaban J connectivity index is 1.71. The maximum Gasteiger partial charge on any atom is 0.256 e. The first kappa shape index (κ1) is 14.2. The molecule has 6 nitrogen and oxygen atoms in total. The Labute approximate surface area is 137 Å². The Morgan fingerprint density at radius 1 is 1.26 bits per heavy atom. The number of halogens is 1. The molecule has 1 amide bonds. The largest absolute Gasteiger partial charge is 0.322 e. The molecule has 0 fully saturated rings. The highest BCUT2D eigenvalue weighted by molar-refractivity contribution is 6.30. The standard InChI is InChI=1S/C16H14ClN5O/c1-8-14-12(5-13(17)20-15(14)22-21-8)16(23)19-11-3-2-9-6-18-7-10(9)4-11/h2-5,18H,6-7H2,1H3,(H,19,23)(H,20,21,22). The van der Waals surface area contributed by atoms with Crippen LogP contribution in [0.15, 0.2) is 24.3 Å². The number of pyridine rings is 1. The molecule has 0 unspecified atom stereocenters. The second-order valence-electron chi connectivity index (χ2n) is 5.58. The quantitative estimate of drug-likeness (QED) is 0.632. The molecule has 1 aliphatic heterocycles. The third kappa shape index (κ3) is 2.46. The molecule has 116 valence electrons. The Kier molecular flexibility index (Phi) is 3.28. The summed E-state index contributed by atoms with van der Waals surface area (Å²) in [5.41, 5.74) is 4.93. The van der Waals surface area contributed by atoms with Gasteiger partial charge in [0, 0.05) is 24.5 Å². The van der Waals surface area contributed by atoms with Crippen molar-refractivity contribution in [1.82, 2.24) is 20.5 Å². The number of aromatic nitrogens is 3. The molecule has 23 heavy (non-hydrogen) atoms. The summed E-state index contributed by atoms with van der Waals surface area (Å²) in [6.07, 6.45) is 0. The second-order valence-corrected chi connectivity index (χ2v) is 5.97. The van der Waals surface area contributed by atoms with Gasteiger partial charge in [-0.1, -0.05) is 17.7 Å². The highest BCUT2D eigenvalue weighted by Gasteiger charge is 2.18. The summed E-state index contributed by atoms with van der Waals surface area (Å²) in [4.78, 5) is 16.8. The highest BCUT2D eigenvalue weighted by atomic mass is 35.5. The van der Waals surface area contributed by atoms with Gasteiger partial charge in [0.25, 0.3) is 5.91 Å². The molecule has 3 heterocycles. The van der Waals surface area contributed by atoms with Gasteiger partial charge in [0.05, 0.1) is 10.9 Å². The number of rotatable bonds is 2. The number of carbonyl (C=O) groups excluding carboxylic acids is 1. The number of aryl methyl sites for hydroxylation is 1. The van der Waals surface area contributed by atoms with E-state index < -0.39 is 0 Å². The molecule has 0 saturated carbocycles. The minimum absolute atomic E-state index is 0.227. The lowest BCUT2D eigenvalue weighted by molar-refractivity contribution is 0.102. The van der Waals surface area contributed by atoms with Crippen LogP contribution >= 0.6 is 11.6 Å². The van der Waals surface area contributed by atoms with E-state index in [1.807, 2.05) is 25.1 Å². The van der Waals surface area contributed by atoms with E-state index in [4.69, 9.17) is 11.6 Å². The van der Waals surface area contributed by atoms with Crippen molar-refractivity contribution < 1.29 is 4.79 Å². The van der Waals surface area contributed by atoms with E-state index in [2.05, 4.69) is 25.8 Å². The van der Waals surface area contributed by atoms with Crippen LogP contribution in [0.2, 0.25) is 5.15 Å². The first-order valence-corrected chi connectivity index (χ1v) is 7.65. The first-order valence-electron chi connectivity index (χ1n) is 7.27. The zero-order valence-corrected chi connectivity index (χ0v) is 13.2. The van der Waals surface area contributed by atoms with Crippen molar-refractivity contribution in [1.29, 1.82) is 0 Å². The highest BCUT2D eigenvalue weighted by Crippen LogP contribution is 2.24. The Hall–Kier alpha value is -2.44. The fourth-order valence-corrected chi connectivity index (χ4v) is 3.08. The van der Waals surface area contributed by atoms with Crippen molar-refractivity contribution in [3.05, 3.63) is 51.8 Å². The monoisotopic (exact) mass is 327 g/mol. The topological polar surface area (TPSA) is 82.7 Å². The summed E-state index contributed by atoms with van der Waals surface area (Å²) >= 11 is 6.00. The van der Waals surface area contributed by atoms with Crippen molar-refractivity contribution in [3.63, 3.8) is 0 Å². The fourth-order valence-electron chi connectivity index (χ4n) is 2.89. The summed E-state index contributed by atoms with van der Waals surface area (Å²) in [5, 5.41) is 14.1. The lowest BCUT2D eigenvalue weighted by Gasteiger charge is -2.08. The number of benzene rings is 1. The minimum Gasteiger partial charge on any atom is -0.322 e. The summed E-state index contributed by atoms with van der Waals surface area (Å²) in [6.45, 7) is 3.55. The number of anilines is 1. The molecule has 3 N–H and O–H groups in total. The summed E-state index contributed by atoms with van der Waals surface area (Å²) in [6, 6.07) is 7.50. The Morgan fingerprint density at radius 3 is 2.96 bits per heavy atom. The van der Waals surface area contributed by atoms with Gasteiger partial charge < -0.3 is 10.6 Å². The molecule has 0 aliphatic carbocycles. The predicted molar refractivity (Wildman–Crippen MR) is 88.6 cm³/mol. The molecule has 0 radical (unpaired) electrons. The van der Waals surface area contributed by atoms with Crippen molar-refractivity contribution in [2.75, 3.05) is 5.32 Å². The van der Waals surface area contributed by atoms with Crippen LogP contribution in [0.1, 0.15) is 27.2 Å². The molecule has 3 aromatic rings. The van der Waals surface area contributed by atoms with E-state index in [0.29, 0.717) is 16.6 Å². The van der Waals surface area contributed by atoms with Gasteiger partial charge in [-0.25, -0.2) is 4.98 Å². The average Bonchev–Trinajstić information content (AvgIpc) is 3.13. The van der Waals surface area contributed by atoms with E-state index in [1.54, 1.807) is 6.07 Å². The molecule has 1 aromatic carbocycles. The Bertz CT molecular complexity index is 934. The lowest BCUT2D eigenvalue weighted by atomic mass is 10.1. The molecule has 0 saturated heterocycles. The minimum atomic E-state index is -0.227. The normalized spacial score (nSPS) is 13.3. The molecule has 1 aliphatic rings. The number of carbonyl (C=O) groups is 1. The molecule has 0 spiro atoms. The molecule has 4 rings (SSSR count). The molecular formula is C16H14ClN5O. The van der Waals surface area contributed by atoms with Gasteiger partial charge in [-0.15, -0.1) is 0 Å². The SMILES string of the molecule is Cc1[nH]nc2nc(Cl)cc(C(=O)Nc3ccc4c(c3)CNC4)c12. The fraction of sp³-hybridized carbons (Fsp3) is 0.188. The molecule has 2 aromatic heterocycles. The zero-order valence-electron chi connectivity index (χ0n) is 12.4. The third-order valence-electron chi connectivity index (χ3n) is 4.01. The maximum absolute atomic E-state index is 12.7. The third-order valence-corrected chi connectivity index (χ3v) is 4.21. The van der Waals surface area contributed by atoms with Gasteiger partial charge >= 0.3 is 0 Å². The van der Waals surface area contributed by atoms with Gasteiger partial charge in [0.15, 0.2) is 5.65 Å². The van der Waals surface area contributed by atoms with Crippen LogP contribution in [0, 0.1) is 6.92 Å². The number of hydrogen-bond donors (Lipinski definition) is 3. The van der Waals surface area contributed by atoms with Crippen LogP contribution < -0.4 is 10.6 Å². The van der Waals surface area contributed by atoms with Crippen molar-refractivity contribution in [2.24, 2.45) is 0 Å². The molecule has 7 heteroatoms. The van der Waals surface area contributed by atoms with Crippen molar-refractivity contribution in [2.45, 2.75) is 20.0 Å². The van der Waals surface area contributed by atoms with Crippen LogP contribution in [0.3, 0.4) is 0 Å². The first-order chi connectivity index (χ1) is 11.1. The number of nitrogens with zero attached hydrogens (tertiary/aromatic N) is 2. The summed E-state index contributed by atoms with van der Waals surface area (Å²) < 4.78 is 0. The summed E-state index contributed by atoms with van der Waals surface area (Å²) in [5.74, 6) is -0.227. The van der Waals surface area contributed by atoms with E-state index in [1.165, 1.54) is 11.1 Å². The van der Waals surface area contributed by atoms with E-state index in [0.717, 1.165) is 24.5 Å².